The van der Waals surface area contributed by atoms with Gasteiger partial charge in [-0.15, -0.1) is 0 Å². The lowest BCUT2D eigenvalue weighted by molar-refractivity contribution is -0.144. The van der Waals surface area contributed by atoms with Gasteiger partial charge in [-0.2, -0.15) is 0 Å². The van der Waals surface area contributed by atoms with Gasteiger partial charge in [0.25, 0.3) is 0 Å². The number of carbonyl (C=O) groups is 2. The number of carbonyl (C=O) groups excluding carboxylic acids is 2. The number of rotatable bonds is 5. The number of benzene rings is 2. The quantitative estimate of drug-likeness (QED) is 0.645. The van der Waals surface area contributed by atoms with Crippen molar-refractivity contribution in [2.45, 2.75) is 18.6 Å². The van der Waals surface area contributed by atoms with E-state index in [4.69, 9.17) is 0 Å². The summed E-state index contributed by atoms with van der Waals surface area (Å²) in [5.41, 5.74) is 0.601. The first-order valence-electron chi connectivity index (χ1n) is 6.48. The van der Waals surface area contributed by atoms with E-state index in [2.05, 4.69) is 4.74 Å². The van der Waals surface area contributed by atoms with E-state index in [1.54, 1.807) is 24.3 Å². The topological polar surface area (TPSA) is 83.8 Å². The number of hydrogen-bond donors (Lipinski definition) is 2. The van der Waals surface area contributed by atoms with Gasteiger partial charge in [0.05, 0.1) is 19.6 Å². The number of aliphatic hydroxyl groups excluding tert-OH is 2. The maximum absolute atomic E-state index is 11.2. The molecule has 2 aromatic rings. The third-order valence-corrected chi connectivity index (χ3v) is 3.40. The molecule has 2 atom stereocenters. The van der Waals surface area contributed by atoms with Crippen LogP contribution < -0.4 is 0 Å². The molecule has 0 aliphatic rings. The lowest BCUT2D eigenvalue weighted by atomic mass is 9.92. The van der Waals surface area contributed by atoms with Crippen molar-refractivity contribution >= 4 is 23.0 Å². The summed E-state index contributed by atoms with van der Waals surface area (Å²) in [5.74, 6) is -0.630. The van der Waals surface area contributed by atoms with Gasteiger partial charge in [-0.05, 0) is 10.8 Å². The van der Waals surface area contributed by atoms with Crippen molar-refractivity contribution in [1.29, 1.82) is 0 Å². The highest BCUT2D eigenvalue weighted by Gasteiger charge is 2.25. The van der Waals surface area contributed by atoms with Gasteiger partial charge in [-0.3, -0.25) is 9.59 Å². The molecule has 0 fully saturated rings. The van der Waals surface area contributed by atoms with Crippen molar-refractivity contribution in [3.8, 4) is 0 Å². The zero-order valence-electron chi connectivity index (χ0n) is 11.5. The predicted octanol–water partition coefficient (Wildman–Crippen LogP) is 1.61. The van der Waals surface area contributed by atoms with Crippen LogP contribution in [0.25, 0.3) is 10.8 Å². The summed E-state index contributed by atoms with van der Waals surface area (Å²) in [7, 11) is 1.20. The zero-order valence-corrected chi connectivity index (χ0v) is 11.5. The monoisotopic (exact) mass is 288 g/mol. The van der Waals surface area contributed by atoms with Crippen molar-refractivity contribution in [1.82, 2.24) is 0 Å². The Morgan fingerprint density at radius 2 is 1.95 bits per heavy atom. The molecular weight excluding hydrogens is 272 g/mol. The van der Waals surface area contributed by atoms with Crippen LogP contribution in [0.4, 0.5) is 0 Å². The second kappa shape index (κ2) is 6.47. The molecular formula is C16H16O5. The van der Waals surface area contributed by atoms with E-state index in [0.29, 0.717) is 17.2 Å². The smallest absolute Gasteiger partial charge is 0.308 e. The lowest BCUT2D eigenvalue weighted by Gasteiger charge is -2.20. The molecule has 2 unspecified atom stereocenters. The third-order valence-electron chi connectivity index (χ3n) is 3.40. The number of aliphatic hydroxyl groups is 2. The number of methoxy groups -OCH3 is 1. The zero-order chi connectivity index (χ0) is 15.4. The third kappa shape index (κ3) is 3.09. The Morgan fingerprint density at radius 1 is 1.24 bits per heavy atom. The fraction of sp³-hybridized carbons (Fsp3) is 0.250. The van der Waals surface area contributed by atoms with E-state index in [1.807, 2.05) is 12.1 Å². The van der Waals surface area contributed by atoms with Crippen LogP contribution in [-0.4, -0.2) is 35.7 Å². The first kappa shape index (κ1) is 15.2. The Balaban J connectivity index is 2.48. The molecule has 2 N–H and O–H groups in total. The van der Waals surface area contributed by atoms with E-state index in [0.717, 1.165) is 5.39 Å². The minimum Gasteiger partial charge on any atom is -0.469 e. The number of ether oxygens (including phenoxy) is 1. The molecule has 0 spiro atoms. The molecule has 5 heteroatoms. The SMILES string of the molecule is COC(=O)CC(O)C(O)c1c(C=O)ccc2ccccc12. The number of fused-ring (bicyclic) bond motifs is 1. The highest BCUT2D eigenvalue weighted by Crippen LogP contribution is 2.30. The van der Waals surface area contributed by atoms with Crippen LogP contribution in [0.5, 0.6) is 0 Å². The number of hydrogen-bond acceptors (Lipinski definition) is 5. The summed E-state index contributed by atoms with van der Waals surface area (Å²) in [6.07, 6.45) is -2.42. The number of aldehydes is 1. The van der Waals surface area contributed by atoms with Gasteiger partial charge in [0.15, 0.2) is 0 Å². The van der Waals surface area contributed by atoms with Crippen LogP contribution in [-0.2, 0) is 9.53 Å². The van der Waals surface area contributed by atoms with E-state index in [-0.39, 0.29) is 12.0 Å². The summed E-state index contributed by atoms with van der Waals surface area (Å²) in [5, 5.41) is 21.8. The first-order valence-corrected chi connectivity index (χ1v) is 6.48. The number of esters is 1. The molecule has 2 rings (SSSR count). The molecule has 0 radical (unpaired) electrons. The molecule has 21 heavy (non-hydrogen) atoms. The van der Waals surface area contributed by atoms with Gasteiger partial charge in [-0.1, -0.05) is 36.4 Å². The summed E-state index contributed by atoms with van der Waals surface area (Å²) in [4.78, 5) is 22.4. The van der Waals surface area contributed by atoms with E-state index < -0.39 is 18.2 Å². The van der Waals surface area contributed by atoms with Crippen molar-refractivity contribution in [3.05, 3.63) is 47.5 Å². The van der Waals surface area contributed by atoms with Crippen LogP contribution in [0.1, 0.15) is 28.4 Å². The molecule has 110 valence electrons. The van der Waals surface area contributed by atoms with E-state index in [1.165, 1.54) is 7.11 Å². The van der Waals surface area contributed by atoms with Gasteiger partial charge in [0.2, 0.25) is 0 Å². The maximum atomic E-state index is 11.2. The maximum Gasteiger partial charge on any atom is 0.308 e. The molecule has 0 bridgehead atoms. The average Bonchev–Trinajstić information content (AvgIpc) is 2.52. The molecule has 0 aromatic heterocycles. The van der Waals surface area contributed by atoms with Gasteiger partial charge < -0.3 is 14.9 Å². The highest BCUT2D eigenvalue weighted by molar-refractivity contribution is 5.93. The van der Waals surface area contributed by atoms with Gasteiger partial charge in [0, 0.05) is 11.1 Å². The summed E-state index contributed by atoms with van der Waals surface area (Å²) < 4.78 is 4.47. The summed E-state index contributed by atoms with van der Waals surface area (Å²) in [6.45, 7) is 0. The normalized spacial score (nSPS) is 13.7. The van der Waals surface area contributed by atoms with Crippen LogP contribution in [0.3, 0.4) is 0 Å². The first-order chi connectivity index (χ1) is 10.1. The lowest BCUT2D eigenvalue weighted by Crippen LogP contribution is -2.23. The highest BCUT2D eigenvalue weighted by atomic mass is 16.5. The van der Waals surface area contributed by atoms with Crippen LogP contribution in [0.15, 0.2) is 36.4 Å². The molecule has 0 aliphatic heterocycles. The molecule has 2 aromatic carbocycles. The second-order valence-corrected chi connectivity index (χ2v) is 4.70. The van der Waals surface area contributed by atoms with Crippen molar-refractivity contribution in [3.63, 3.8) is 0 Å². The fourth-order valence-electron chi connectivity index (χ4n) is 2.30. The molecule has 0 amide bonds. The summed E-state index contributed by atoms with van der Waals surface area (Å²) >= 11 is 0. The van der Waals surface area contributed by atoms with Crippen LogP contribution in [0.2, 0.25) is 0 Å². The molecule has 5 nitrogen and oxygen atoms in total. The van der Waals surface area contributed by atoms with Gasteiger partial charge >= 0.3 is 5.97 Å². The standard InChI is InChI=1S/C16H16O5/c1-21-14(19)8-13(18)16(20)15-11(9-17)7-6-10-4-2-3-5-12(10)15/h2-7,9,13,16,18,20H,8H2,1H3. The van der Waals surface area contributed by atoms with E-state index in [9.17, 15) is 19.8 Å². The Bertz CT molecular complexity index is 665. The van der Waals surface area contributed by atoms with Crippen molar-refractivity contribution in [2.75, 3.05) is 7.11 Å². The Hall–Kier alpha value is -2.24. The van der Waals surface area contributed by atoms with Crippen LogP contribution in [0, 0.1) is 0 Å². The van der Waals surface area contributed by atoms with E-state index >= 15 is 0 Å². The Morgan fingerprint density at radius 3 is 2.62 bits per heavy atom. The largest absolute Gasteiger partial charge is 0.469 e. The molecule has 0 aliphatic carbocycles. The Labute approximate surface area is 121 Å². The molecule has 0 saturated heterocycles. The minimum absolute atomic E-state index is 0.283. The van der Waals surface area contributed by atoms with Crippen LogP contribution >= 0.6 is 0 Å². The van der Waals surface area contributed by atoms with Crippen molar-refractivity contribution in [2.24, 2.45) is 0 Å². The second-order valence-electron chi connectivity index (χ2n) is 4.70. The fourth-order valence-corrected chi connectivity index (χ4v) is 2.30. The molecule has 0 saturated carbocycles. The van der Waals surface area contributed by atoms with Gasteiger partial charge in [0.1, 0.15) is 12.4 Å². The van der Waals surface area contributed by atoms with Crippen molar-refractivity contribution < 1.29 is 24.5 Å². The Kier molecular flexibility index (Phi) is 4.67. The molecule has 0 heterocycles. The summed E-state index contributed by atoms with van der Waals surface area (Å²) in [6, 6.07) is 10.6. The minimum atomic E-state index is -1.35. The average molecular weight is 288 g/mol. The van der Waals surface area contributed by atoms with Gasteiger partial charge in [-0.25, -0.2) is 0 Å². The predicted molar refractivity (Wildman–Crippen MR) is 76.9 cm³/mol.